The molecule has 0 saturated carbocycles. The molecular weight excluding hydrogens is 434 g/mol. The molecule has 0 bridgehead atoms. The van der Waals surface area contributed by atoms with Gasteiger partial charge in [0.15, 0.2) is 0 Å². The van der Waals surface area contributed by atoms with Crippen LogP contribution in [0.4, 0.5) is 5.69 Å². The fraction of sp³-hybridized carbons (Fsp3) is 0.500. The summed E-state index contributed by atoms with van der Waals surface area (Å²) in [4.78, 5) is 15.5. The van der Waals surface area contributed by atoms with Crippen molar-refractivity contribution >= 4 is 33.4 Å². The van der Waals surface area contributed by atoms with Crippen molar-refractivity contribution < 1.29 is 17.6 Å². The van der Waals surface area contributed by atoms with E-state index in [0.29, 0.717) is 17.2 Å². The summed E-state index contributed by atoms with van der Waals surface area (Å²) in [5.74, 6) is 1.89. The van der Waals surface area contributed by atoms with Crippen LogP contribution in [0.1, 0.15) is 44.1 Å². The zero-order valence-corrected chi connectivity index (χ0v) is 19.4. The number of hydrogen-bond acceptors (Lipinski definition) is 6. The van der Waals surface area contributed by atoms with Gasteiger partial charge in [0, 0.05) is 16.6 Å². The van der Waals surface area contributed by atoms with Gasteiger partial charge in [-0.2, -0.15) is 0 Å². The smallest absolute Gasteiger partial charge is 0.241 e. The summed E-state index contributed by atoms with van der Waals surface area (Å²) in [5.41, 5.74) is 0.542. The molecule has 1 aromatic carbocycles. The minimum atomic E-state index is -3.74. The van der Waals surface area contributed by atoms with Crippen LogP contribution >= 0.6 is 11.8 Å². The van der Waals surface area contributed by atoms with Gasteiger partial charge in [-0.3, -0.25) is 9.69 Å². The van der Waals surface area contributed by atoms with Gasteiger partial charge in [0.25, 0.3) is 0 Å². The van der Waals surface area contributed by atoms with Crippen molar-refractivity contribution in [2.24, 2.45) is 5.92 Å². The Kier molecular flexibility index (Phi) is 7.05. The summed E-state index contributed by atoms with van der Waals surface area (Å²) in [6, 6.07) is 8.59. The van der Waals surface area contributed by atoms with Crippen LogP contribution in [-0.4, -0.2) is 38.1 Å². The van der Waals surface area contributed by atoms with Gasteiger partial charge in [-0.05, 0) is 56.3 Å². The molecule has 7 nitrogen and oxygen atoms in total. The first-order chi connectivity index (χ1) is 14.9. The zero-order valence-electron chi connectivity index (χ0n) is 17.7. The van der Waals surface area contributed by atoms with Gasteiger partial charge < -0.3 is 9.73 Å². The standard InChI is InChI=1S/C22H29N3O4S2/c1-16-15-30-21-9-8-19(12-20(21)24-22(16)26)31(27,28)23-13-17-6-7-18(29-17)14-25-10-4-2-3-5-11-25/h6-9,12,16,23H,2-5,10-11,13-15H2,1H3,(H,24,26). The number of furan rings is 1. The van der Waals surface area contributed by atoms with E-state index in [9.17, 15) is 13.2 Å². The molecule has 0 radical (unpaired) electrons. The van der Waals surface area contributed by atoms with Crippen molar-refractivity contribution in [1.29, 1.82) is 0 Å². The molecule has 0 aliphatic carbocycles. The van der Waals surface area contributed by atoms with E-state index in [1.165, 1.54) is 31.7 Å². The van der Waals surface area contributed by atoms with E-state index in [1.54, 1.807) is 23.9 Å². The van der Waals surface area contributed by atoms with Crippen LogP contribution in [-0.2, 0) is 27.9 Å². The SMILES string of the molecule is CC1CSc2ccc(S(=O)(=O)NCc3ccc(CN4CCCCCC4)o3)cc2NC1=O. The van der Waals surface area contributed by atoms with E-state index in [2.05, 4.69) is 14.9 Å². The molecule has 0 spiro atoms. The monoisotopic (exact) mass is 463 g/mol. The van der Waals surface area contributed by atoms with Crippen molar-refractivity contribution in [2.75, 3.05) is 24.2 Å². The van der Waals surface area contributed by atoms with Crippen molar-refractivity contribution in [3.63, 3.8) is 0 Å². The molecule has 168 valence electrons. The second kappa shape index (κ2) is 9.77. The minimum Gasteiger partial charge on any atom is -0.463 e. The van der Waals surface area contributed by atoms with Crippen LogP contribution in [0.5, 0.6) is 0 Å². The van der Waals surface area contributed by atoms with Crippen LogP contribution in [0.25, 0.3) is 0 Å². The third kappa shape index (κ3) is 5.71. The molecule has 31 heavy (non-hydrogen) atoms. The fourth-order valence-corrected chi connectivity index (χ4v) is 5.84. The Labute approximate surface area is 188 Å². The van der Waals surface area contributed by atoms with Crippen molar-refractivity contribution in [3.8, 4) is 0 Å². The molecule has 1 amide bonds. The summed E-state index contributed by atoms with van der Waals surface area (Å²) in [7, 11) is -3.74. The summed E-state index contributed by atoms with van der Waals surface area (Å²) in [6.07, 6.45) is 5.00. The lowest BCUT2D eigenvalue weighted by molar-refractivity contribution is -0.118. The first-order valence-corrected chi connectivity index (χ1v) is 13.2. The molecule has 4 rings (SSSR count). The van der Waals surface area contributed by atoms with Crippen LogP contribution in [0, 0.1) is 5.92 Å². The number of anilines is 1. The van der Waals surface area contributed by atoms with E-state index >= 15 is 0 Å². The maximum atomic E-state index is 12.8. The summed E-state index contributed by atoms with van der Waals surface area (Å²) < 4.78 is 34.1. The van der Waals surface area contributed by atoms with Crippen molar-refractivity contribution in [1.82, 2.24) is 9.62 Å². The Bertz CT molecular complexity index is 1030. The number of likely N-dealkylation sites (tertiary alicyclic amines) is 1. The van der Waals surface area contributed by atoms with Crippen LogP contribution < -0.4 is 10.0 Å². The number of thioether (sulfide) groups is 1. The largest absolute Gasteiger partial charge is 0.463 e. The van der Waals surface area contributed by atoms with Gasteiger partial charge in [0.2, 0.25) is 15.9 Å². The van der Waals surface area contributed by atoms with Gasteiger partial charge in [0.1, 0.15) is 11.5 Å². The molecule has 2 N–H and O–H groups in total. The maximum absolute atomic E-state index is 12.8. The van der Waals surface area contributed by atoms with E-state index in [4.69, 9.17) is 4.42 Å². The molecule has 1 unspecified atom stereocenters. The normalized spacial score (nSPS) is 20.5. The number of rotatable bonds is 6. The number of hydrogen-bond donors (Lipinski definition) is 2. The Hall–Kier alpha value is -1.81. The van der Waals surface area contributed by atoms with E-state index < -0.39 is 10.0 Å². The topological polar surface area (TPSA) is 91.7 Å². The Morgan fingerprint density at radius 2 is 1.87 bits per heavy atom. The third-order valence-electron chi connectivity index (χ3n) is 5.69. The lowest BCUT2D eigenvalue weighted by Crippen LogP contribution is -2.24. The molecule has 1 atom stereocenters. The molecule has 2 aliphatic rings. The van der Waals surface area contributed by atoms with Crippen molar-refractivity contribution in [2.45, 2.75) is 55.5 Å². The van der Waals surface area contributed by atoms with Gasteiger partial charge in [-0.15, -0.1) is 11.8 Å². The van der Waals surface area contributed by atoms with Gasteiger partial charge in [-0.25, -0.2) is 13.1 Å². The Morgan fingerprint density at radius 1 is 1.13 bits per heavy atom. The number of nitrogens with zero attached hydrogens (tertiary/aromatic N) is 1. The van der Waals surface area contributed by atoms with Gasteiger partial charge >= 0.3 is 0 Å². The second-order valence-corrected chi connectivity index (χ2v) is 11.1. The second-order valence-electron chi connectivity index (χ2n) is 8.24. The molecule has 1 saturated heterocycles. The highest BCUT2D eigenvalue weighted by Gasteiger charge is 2.23. The Balaban J connectivity index is 1.39. The highest BCUT2D eigenvalue weighted by molar-refractivity contribution is 7.99. The quantitative estimate of drug-likeness (QED) is 0.677. The van der Waals surface area contributed by atoms with Crippen LogP contribution in [0.3, 0.4) is 0 Å². The molecule has 1 aromatic heterocycles. The molecule has 2 aromatic rings. The highest BCUT2D eigenvalue weighted by atomic mass is 32.2. The average Bonchev–Trinajstić information content (AvgIpc) is 2.95. The average molecular weight is 464 g/mol. The minimum absolute atomic E-state index is 0.0809. The summed E-state index contributed by atoms with van der Waals surface area (Å²) in [6.45, 7) is 4.85. The number of fused-ring (bicyclic) bond motifs is 1. The number of nitrogens with one attached hydrogen (secondary N) is 2. The molecule has 9 heteroatoms. The van der Waals surface area contributed by atoms with Crippen LogP contribution in [0.2, 0.25) is 0 Å². The van der Waals surface area contributed by atoms with Gasteiger partial charge in [0.05, 0.1) is 23.7 Å². The van der Waals surface area contributed by atoms with Crippen LogP contribution in [0.15, 0.2) is 44.5 Å². The number of amides is 1. The van der Waals surface area contributed by atoms with E-state index in [-0.39, 0.29) is 23.3 Å². The number of carbonyl (C=O) groups is 1. The van der Waals surface area contributed by atoms with E-state index in [1.807, 2.05) is 19.1 Å². The van der Waals surface area contributed by atoms with Crippen molar-refractivity contribution in [3.05, 3.63) is 41.9 Å². The first kappa shape index (κ1) is 22.4. The zero-order chi connectivity index (χ0) is 21.8. The lowest BCUT2D eigenvalue weighted by atomic mass is 10.2. The number of benzene rings is 1. The number of carbonyl (C=O) groups excluding carboxylic acids is 1. The molecule has 3 heterocycles. The third-order valence-corrected chi connectivity index (χ3v) is 8.42. The molecular formula is C22H29N3O4S2. The lowest BCUT2D eigenvalue weighted by Gasteiger charge is -2.17. The predicted octanol–water partition coefficient (Wildman–Crippen LogP) is 3.81. The predicted molar refractivity (Wildman–Crippen MR) is 121 cm³/mol. The van der Waals surface area contributed by atoms with E-state index in [0.717, 1.165) is 30.3 Å². The number of sulfonamides is 1. The molecule has 1 fully saturated rings. The fourth-order valence-electron chi connectivity index (χ4n) is 3.81. The highest BCUT2D eigenvalue weighted by Crippen LogP contribution is 2.34. The maximum Gasteiger partial charge on any atom is 0.241 e. The van der Waals surface area contributed by atoms with Gasteiger partial charge in [-0.1, -0.05) is 19.8 Å². The summed E-state index contributed by atoms with van der Waals surface area (Å²) >= 11 is 1.55. The molecule has 2 aliphatic heterocycles. The summed E-state index contributed by atoms with van der Waals surface area (Å²) in [5, 5.41) is 2.83. The Morgan fingerprint density at radius 3 is 2.65 bits per heavy atom. The first-order valence-electron chi connectivity index (χ1n) is 10.8.